The molecule has 1 fully saturated rings. The zero-order chi connectivity index (χ0) is 51.0. The Balaban J connectivity index is 2.31. The second-order valence-electron chi connectivity index (χ2n) is 18.8. The standard InChI is InChI=1S/C57H100O12S/c1-3-5-7-9-11-13-15-17-19-21-22-23-24-25-26-27-28-29-31-33-35-37-39-41-43-45-47-65-49-51(50-66-57-55(61)56(69-70(62,63)64)54(60)52(48-58)68-57)67-53(59)46-44-42-40-38-36-34-32-30-20-18-16-14-12-10-8-6-4-2/h5,7,11,13,17-20,22-23,25-26,51-52,54-58,60-61H,3-4,6,8-10,12,14-16,21,24,27-50H2,1-2H3,(H,62,63,64)/b7-5-,13-11-,19-17-,20-18-,23-22-,26-25-. The Morgan fingerprint density at radius 1 is 0.557 bits per heavy atom. The number of rotatable bonds is 48. The van der Waals surface area contributed by atoms with Gasteiger partial charge in [0.1, 0.15) is 30.5 Å². The van der Waals surface area contributed by atoms with Gasteiger partial charge in [0, 0.05) is 13.0 Å². The van der Waals surface area contributed by atoms with Gasteiger partial charge in [-0.15, -0.1) is 0 Å². The average molecular weight is 1010 g/mol. The van der Waals surface area contributed by atoms with Crippen LogP contribution in [0.2, 0.25) is 0 Å². The Bertz CT molecular complexity index is 1490. The van der Waals surface area contributed by atoms with Crippen molar-refractivity contribution in [2.45, 2.75) is 256 Å². The van der Waals surface area contributed by atoms with Crippen LogP contribution in [0.5, 0.6) is 0 Å². The lowest BCUT2D eigenvalue weighted by Crippen LogP contribution is -2.60. The third kappa shape index (κ3) is 40.1. The van der Waals surface area contributed by atoms with E-state index in [1.54, 1.807) is 0 Å². The zero-order valence-electron chi connectivity index (χ0n) is 43.8. The zero-order valence-corrected chi connectivity index (χ0v) is 44.6. The molecule has 12 nitrogen and oxygen atoms in total. The van der Waals surface area contributed by atoms with Gasteiger partial charge in [0.15, 0.2) is 6.29 Å². The van der Waals surface area contributed by atoms with E-state index in [9.17, 15) is 33.1 Å². The normalized spacial score (nSPS) is 19.7. The van der Waals surface area contributed by atoms with E-state index >= 15 is 0 Å². The quantitative estimate of drug-likeness (QED) is 0.0197. The highest BCUT2D eigenvalue weighted by atomic mass is 32.3. The third-order valence-corrected chi connectivity index (χ3v) is 12.8. The number of hydrogen-bond acceptors (Lipinski definition) is 11. The van der Waals surface area contributed by atoms with Crippen molar-refractivity contribution < 1.29 is 56.2 Å². The minimum Gasteiger partial charge on any atom is -0.457 e. The molecule has 6 unspecified atom stereocenters. The predicted octanol–water partition coefficient (Wildman–Crippen LogP) is 13.4. The smallest absolute Gasteiger partial charge is 0.397 e. The molecule has 70 heavy (non-hydrogen) atoms. The molecule has 1 heterocycles. The molecule has 406 valence electrons. The van der Waals surface area contributed by atoms with Gasteiger partial charge in [0.2, 0.25) is 0 Å². The molecule has 0 radical (unpaired) electrons. The molecule has 6 atom stereocenters. The van der Waals surface area contributed by atoms with E-state index in [1.165, 1.54) is 109 Å². The largest absolute Gasteiger partial charge is 0.457 e. The van der Waals surface area contributed by atoms with Crippen LogP contribution in [-0.2, 0) is 38.3 Å². The van der Waals surface area contributed by atoms with Crippen molar-refractivity contribution in [2.24, 2.45) is 0 Å². The summed E-state index contributed by atoms with van der Waals surface area (Å²) < 4.78 is 59.4. The Morgan fingerprint density at radius 2 is 0.986 bits per heavy atom. The van der Waals surface area contributed by atoms with Gasteiger partial charge in [-0.05, 0) is 83.5 Å². The van der Waals surface area contributed by atoms with Crippen molar-refractivity contribution in [2.75, 3.05) is 26.4 Å². The molecule has 0 amide bonds. The number of carbonyl (C=O) groups excluding carboxylic acids is 1. The fourth-order valence-corrected chi connectivity index (χ4v) is 8.67. The molecule has 0 aromatic rings. The van der Waals surface area contributed by atoms with Crippen LogP contribution in [0, 0.1) is 0 Å². The van der Waals surface area contributed by atoms with Crippen LogP contribution in [0.4, 0.5) is 0 Å². The molecule has 4 N–H and O–H groups in total. The van der Waals surface area contributed by atoms with Gasteiger partial charge in [-0.2, -0.15) is 8.42 Å². The molecule has 1 saturated heterocycles. The summed E-state index contributed by atoms with van der Waals surface area (Å²) in [6, 6.07) is 0. The first-order valence-electron chi connectivity index (χ1n) is 27.7. The molecule has 0 saturated carbocycles. The number of aliphatic hydroxyl groups is 3. The second kappa shape index (κ2) is 47.5. The third-order valence-electron chi connectivity index (χ3n) is 12.3. The number of ether oxygens (including phenoxy) is 4. The van der Waals surface area contributed by atoms with Gasteiger partial charge >= 0.3 is 16.4 Å². The fourth-order valence-electron chi connectivity index (χ4n) is 8.17. The van der Waals surface area contributed by atoms with Crippen LogP contribution in [-0.4, -0.2) is 97.5 Å². The summed E-state index contributed by atoms with van der Waals surface area (Å²) in [6.07, 6.45) is 53.6. The van der Waals surface area contributed by atoms with Crippen molar-refractivity contribution in [3.63, 3.8) is 0 Å². The molecule has 0 aromatic heterocycles. The molecule has 0 spiro atoms. The van der Waals surface area contributed by atoms with Crippen molar-refractivity contribution in [1.82, 2.24) is 0 Å². The van der Waals surface area contributed by atoms with E-state index in [-0.39, 0.29) is 19.6 Å². The summed E-state index contributed by atoms with van der Waals surface area (Å²) in [4.78, 5) is 12.9. The van der Waals surface area contributed by atoms with E-state index in [1.807, 2.05) is 0 Å². The van der Waals surface area contributed by atoms with Crippen LogP contribution in [0.25, 0.3) is 0 Å². The summed E-state index contributed by atoms with van der Waals surface area (Å²) in [7, 11) is -5.07. The average Bonchev–Trinajstić information content (AvgIpc) is 3.34. The number of aliphatic hydroxyl groups excluding tert-OH is 3. The summed E-state index contributed by atoms with van der Waals surface area (Å²) in [5.41, 5.74) is 0. The second-order valence-corrected chi connectivity index (χ2v) is 19.8. The summed E-state index contributed by atoms with van der Waals surface area (Å²) in [6.45, 7) is 3.87. The van der Waals surface area contributed by atoms with Crippen molar-refractivity contribution >= 4 is 16.4 Å². The first kappa shape index (κ1) is 65.6. The van der Waals surface area contributed by atoms with E-state index in [0.717, 1.165) is 83.5 Å². The predicted molar refractivity (Wildman–Crippen MR) is 285 cm³/mol. The number of allylic oxidation sites excluding steroid dienone is 12. The lowest BCUT2D eigenvalue weighted by molar-refractivity contribution is -0.301. The number of hydrogen-bond donors (Lipinski definition) is 4. The van der Waals surface area contributed by atoms with Gasteiger partial charge in [-0.25, -0.2) is 4.18 Å². The SMILES string of the molecule is CC/C=C\C/C=C\C/C=C\C/C=C\C/C=C\CCCCCCCCCCCCOCC(COC1OC(CO)C(O)C(OS(=O)(=O)O)C1O)OC(=O)CCCCCCCCC/C=C\CCCCCCCC. The summed E-state index contributed by atoms with van der Waals surface area (Å²) in [5.74, 6) is -0.406. The molecular formula is C57H100O12S. The Morgan fingerprint density at radius 3 is 1.46 bits per heavy atom. The highest BCUT2D eigenvalue weighted by Crippen LogP contribution is 2.26. The molecule has 1 rings (SSSR count). The fraction of sp³-hybridized carbons (Fsp3) is 0.772. The molecule has 0 bridgehead atoms. The maximum absolute atomic E-state index is 12.9. The summed E-state index contributed by atoms with van der Waals surface area (Å²) in [5, 5.41) is 30.8. The first-order valence-corrected chi connectivity index (χ1v) is 29.1. The minimum atomic E-state index is -5.07. The lowest BCUT2D eigenvalue weighted by Gasteiger charge is -2.41. The number of esters is 1. The van der Waals surface area contributed by atoms with Crippen molar-refractivity contribution in [3.05, 3.63) is 72.9 Å². The van der Waals surface area contributed by atoms with Gasteiger partial charge in [0.05, 0.1) is 19.8 Å². The minimum absolute atomic E-state index is 0.0286. The maximum Gasteiger partial charge on any atom is 0.397 e. The lowest BCUT2D eigenvalue weighted by atomic mass is 9.99. The Hall–Kier alpha value is -2.46. The van der Waals surface area contributed by atoms with Gasteiger partial charge in [0.25, 0.3) is 0 Å². The molecular weight excluding hydrogens is 909 g/mol. The maximum atomic E-state index is 12.9. The van der Waals surface area contributed by atoms with Crippen LogP contribution in [0.15, 0.2) is 72.9 Å². The number of carbonyl (C=O) groups is 1. The molecule has 1 aliphatic rings. The monoisotopic (exact) mass is 1010 g/mol. The summed E-state index contributed by atoms with van der Waals surface area (Å²) >= 11 is 0. The van der Waals surface area contributed by atoms with E-state index in [4.69, 9.17) is 18.9 Å². The molecule has 13 heteroatoms. The van der Waals surface area contributed by atoms with Gasteiger partial charge in [-0.3, -0.25) is 9.35 Å². The van der Waals surface area contributed by atoms with Gasteiger partial charge < -0.3 is 34.3 Å². The van der Waals surface area contributed by atoms with Crippen molar-refractivity contribution in [3.8, 4) is 0 Å². The topological polar surface area (TPSA) is 178 Å². The molecule has 0 aliphatic carbocycles. The van der Waals surface area contributed by atoms with Crippen LogP contribution >= 0.6 is 0 Å². The van der Waals surface area contributed by atoms with Crippen LogP contribution in [0.3, 0.4) is 0 Å². The van der Waals surface area contributed by atoms with E-state index in [2.05, 4.69) is 90.9 Å². The van der Waals surface area contributed by atoms with E-state index in [0.29, 0.717) is 13.0 Å². The molecule has 1 aliphatic heterocycles. The van der Waals surface area contributed by atoms with Crippen LogP contribution < -0.4 is 0 Å². The Labute approximate surface area is 426 Å². The highest BCUT2D eigenvalue weighted by molar-refractivity contribution is 7.80. The first-order chi connectivity index (χ1) is 34.1. The number of unbranched alkanes of at least 4 members (excludes halogenated alkanes) is 23. The highest BCUT2D eigenvalue weighted by Gasteiger charge is 2.48. The van der Waals surface area contributed by atoms with Gasteiger partial charge in [-0.1, -0.05) is 202 Å². The molecule has 0 aromatic carbocycles. The van der Waals surface area contributed by atoms with Crippen LogP contribution in [0.1, 0.15) is 219 Å². The van der Waals surface area contributed by atoms with Crippen molar-refractivity contribution in [1.29, 1.82) is 0 Å². The Kier molecular flexibility index (Phi) is 44.5. The van der Waals surface area contributed by atoms with E-state index < -0.39 is 59.8 Å².